The Bertz CT molecular complexity index is 728. The first-order chi connectivity index (χ1) is 11.0. The Morgan fingerprint density at radius 3 is 1.13 bits per heavy atom. The van der Waals surface area contributed by atoms with Gasteiger partial charge in [0.2, 0.25) is 7.49 Å². The van der Waals surface area contributed by atoms with Crippen LogP contribution in [0, 0.1) is 20.8 Å². The summed E-state index contributed by atoms with van der Waals surface area (Å²) in [5, 5.41) is 3.02. The Kier molecular flexibility index (Phi) is 4.35. The maximum atomic E-state index is 11.9. The molecule has 0 heterocycles. The first kappa shape index (κ1) is 15.9. The molecule has 0 bridgehead atoms. The Hall–Kier alpha value is -1.95. The molecule has 0 amide bonds. The van der Waals surface area contributed by atoms with E-state index in [2.05, 4.69) is 57.2 Å². The van der Waals surface area contributed by atoms with Gasteiger partial charge in [-0.3, -0.25) is 0 Å². The first-order valence-corrected chi connectivity index (χ1v) is 9.58. The molecule has 0 unspecified atom stereocenters. The van der Waals surface area contributed by atoms with E-state index in [0.717, 1.165) is 15.9 Å². The molecular formula is C21H22OP+. The van der Waals surface area contributed by atoms with E-state index in [4.69, 9.17) is 0 Å². The van der Waals surface area contributed by atoms with E-state index in [9.17, 15) is 4.89 Å². The van der Waals surface area contributed by atoms with Crippen LogP contribution in [0.25, 0.3) is 0 Å². The highest BCUT2D eigenvalue weighted by Gasteiger charge is 2.44. The van der Waals surface area contributed by atoms with Gasteiger partial charge in [-0.1, -0.05) is 36.4 Å². The zero-order chi connectivity index (χ0) is 16.4. The minimum atomic E-state index is -2.61. The molecule has 0 aliphatic carbocycles. The molecule has 1 N–H and O–H groups in total. The van der Waals surface area contributed by atoms with Crippen molar-refractivity contribution in [2.24, 2.45) is 0 Å². The van der Waals surface area contributed by atoms with Crippen LogP contribution in [0.1, 0.15) is 16.7 Å². The highest BCUT2D eigenvalue weighted by atomic mass is 31.2. The molecule has 3 aromatic rings. The molecular weight excluding hydrogens is 299 g/mol. The van der Waals surface area contributed by atoms with Crippen LogP contribution >= 0.6 is 7.49 Å². The number of benzene rings is 3. The number of aryl methyl sites for hydroxylation is 3. The lowest BCUT2D eigenvalue weighted by molar-refractivity contribution is 0.633. The van der Waals surface area contributed by atoms with Crippen molar-refractivity contribution < 1.29 is 4.89 Å². The van der Waals surface area contributed by atoms with Crippen molar-refractivity contribution >= 4 is 23.4 Å². The zero-order valence-corrected chi connectivity index (χ0v) is 14.7. The lowest BCUT2D eigenvalue weighted by Gasteiger charge is -2.21. The van der Waals surface area contributed by atoms with Gasteiger partial charge in [0.1, 0.15) is 15.9 Å². The maximum absolute atomic E-state index is 11.9. The third-order valence-electron chi connectivity index (χ3n) is 4.13. The average Bonchev–Trinajstić information content (AvgIpc) is 2.54. The van der Waals surface area contributed by atoms with Gasteiger partial charge in [0, 0.05) is 0 Å². The summed E-state index contributed by atoms with van der Waals surface area (Å²) < 4.78 is 0. The molecule has 23 heavy (non-hydrogen) atoms. The van der Waals surface area contributed by atoms with Gasteiger partial charge in [-0.15, -0.1) is 0 Å². The molecule has 0 saturated heterocycles. The molecule has 0 spiro atoms. The molecule has 0 saturated carbocycles. The minimum Gasteiger partial charge on any atom is -0.235 e. The van der Waals surface area contributed by atoms with Crippen molar-refractivity contribution in [3.05, 3.63) is 89.5 Å². The Balaban J connectivity index is 2.29. The highest BCUT2D eigenvalue weighted by molar-refractivity contribution is 7.91. The standard InChI is InChI=1S/C21H22OP/c1-16-7-4-10-19(13-16)23(22,20-11-5-8-17(2)14-20)21-12-6-9-18(3)15-21/h4-15,22H,1-3H3/q+1. The van der Waals surface area contributed by atoms with Crippen molar-refractivity contribution in [1.29, 1.82) is 0 Å². The summed E-state index contributed by atoms with van der Waals surface area (Å²) in [6, 6.07) is 24.8. The van der Waals surface area contributed by atoms with Crippen molar-refractivity contribution in [2.75, 3.05) is 0 Å². The van der Waals surface area contributed by atoms with Gasteiger partial charge in [-0.05, 0) is 73.9 Å². The van der Waals surface area contributed by atoms with Crippen LogP contribution in [0.3, 0.4) is 0 Å². The van der Waals surface area contributed by atoms with E-state index in [1.165, 1.54) is 16.7 Å². The average molecular weight is 321 g/mol. The second-order valence-electron chi connectivity index (χ2n) is 6.15. The largest absolute Gasteiger partial charge is 0.238 e. The van der Waals surface area contributed by atoms with E-state index in [-0.39, 0.29) is 0 Å². The maximum Gasteiger partial charge on any atom is 0.238 e. The molecule has 3 rings (SSSR count). The van der Waals surface area contributed by atoms with E-state index >= 15 is 0 Å². The summed E-state index contributed by atoms with van der Waals surface area (Å²) in [4.78, 5) is 11.9. The van der Waals surface area contributed by atoms with Crippen LogP contribution in [0.4, 0.5) is 0 Å². The fraction of sp³-hybridized carbons (Fsp3) is 0.143. The summed E-state index contributed by atoms with van der Waals surface area (Å²) in [5.74, 6) is 0. The number of hydrogen-bond donors (Lipinski definition) is 1. The fourth-order valence-electron chi connectivity index (χ4n) is 2.93. The van der Waals surface area contributed by atoms with Gasteiger partial charge in [-0.25, -0.2) is 4.89 Å². The van der Waals surface area contributed by atoms with Crippen molar-refractivity contribution in [1.82, 2.24) is 0 Å². The predicted molar refractivity (Wildman–Crippen MR) is 102 cm³/mol. The Morgan fingerprint density at radius 1 is 0.565 bits per heavy atom. The summed E-state index contributed by atoms with van der Waals surface area (Å²) in [7, 11) is -2.61. The molecule has 0 atom stereocenters. The molecule has 2 heteroatoms. The SMILES string of the molecule is Cc1cccc([P+](O)(c2cccc(C)c2)c2cccc(C)c2)c1. The quantitative estimate of drug-likeness (QED) is 0.727. The predicted octanol–water partition coefficient (Wildman–Crippen LogP) is 3.81. The molecule has 0 radical (unpaired) electrons. The summed E-state index contributed by atoms with van der Waals surface area (Å²) >= 11 is 0. The molecule has 116 valence electrons. The van der Waals surface area contributed by atoms with Crippen LogP contribution in [0.15, 0.2) is 72.8 Å². The lowest BCUT2D eigenvalue weighted by atomic mass is 10.2. The van der Waals surface area contributed by atoms with Gasteiger partial charge in [-0.2, -0.15) is 0 Å². The molecule has 0 aliphatic rings. The van der Waals surface area contributed by atoms with Gasteiger partial charge < -0.3 is 0 Å². The third kappa shape index (κ3) is 3.08. The molecule has 3 aromatic carbocycles. The minimum absolute atomic E-state index is 1.01. The Labute approximate surface area is 139 Å². The van der Waals surface area contributed by atoms with Crippen molar-refractivity contribution in [3.63, 3.8) is 0 Å². The molecule has 1 nitrogen and oxygen atoms in total. The van der Waals surface area contributed by atoms with Crippen molar-refractivity contribution in [3.8, 4) is 0 Å². The highest BCUT2D eigenvalue weighted by Crippen LogP contribution is 2.51. The summed E-state index contributed by atoms with van der Waals surface area (Å²) in [6.07, 6.45) is 0. The number of hydrogen-bond acceptors (Lipinski definition) is 1. The van der Waals surface area contributed by atoms with Crippen LogP contribution < -0.4 is 15.9 Å². The van der Waals surface area contributed by atoms with Crippen LogP contribution in [-0.2, 0) is 0 Å². The van der Waals surface area contributed by atoms with Gasteiger partial charge in [0.25, 0.3) is 0 Å². The second kappa shape index (κ2) is 6.28. The summed E-state index contributed by atoms with van der Waals surface area (Å²) in [5.41, 5.74) is 3.50. The van der Waals surface area contributed by atoms with Gasteiger partial charge >= 0.3 is 0 Å². The monoisotopic (exact) mass is 321 g/mol. The van der Waals surface area contributed by atoms with Crippen molar-refractivity contribution in [2.45, 2.75) is 20.8 Å². The molecule has 0 aliphatic heterocycles. The van der Waals surface area contributed by atoms with Gasteiger partial charge in [0.05, 0.1) is 0 Å². The smallest absolute Gasteiger partial charge is 0.235 e. The second-order valence-corrected chi connectivity index (χ2v) is 8.97. The fourth-order valence-corrected chi connectivity index (χ4v) is 5.91. The van der Waals surface area contributed by atoms with Gasteiger partial charge in [0.15, 0.2) is 0 Å². The summed E-state index contributed by atoms with van der Waals surface area (Å²) in [6.45, 7) is 6.21. The van der Waals surface area contributed by atoms with Crippen LogP contribution in [0.2, 0.25) is 0 Å². The van der Waals surface area contributed by atoms with E-state index in [1.54, 1.807) is 0 Å². The van der Waals surface area contributed by atoms with E-state index in [0.29, 0.717) is 0 Å². The zero-order valence-electron chi connectivity index (χ0n) is 13.8. The van der Waals surface area contributed by atoms with E-state index in [1.807, 2.05) is 36.4 Å². The molecule has 0 aromatic heterocycles. The molecule has 0 fully saturated rings. The van der Waals surface area contributed by atoms with E-state index < -0.39 is 7.49 Å². The van der Waals surface area contributed by atoms with Crippen LogP contribution in [-0.4, -0.2) is 4.89 Å². The topological polar surface area (TPSA) is 20.2 Å². The number of rotatable bonds is 3. The lowest BCUT2D eigenvalue weighted by Crippen LogP contribution is -2.31. The Morgan fingerprint density at radius 2 is 0.870 bits per heavy atom. The normalized spacial score (nSPS) is 11.5. The first-order valence-electron chi connectivity index (χ1n) is 7.83. The third-order valence-corrected chi connectivity index (χ3v) is 7.20. The van der Waals surface area contributed by atoms with Crippen LogP contribution in [0.5, 0.6) is 0 Å².